The third-order valence-corrected chi connectivity index (χ3v) is 14.0. The molecule has 2 aromatic heterocycles. The van der Waals surface area contributed by atoms with Crippen molar-refractivity contribution in [3.05, 3.63) is 107 Å². The van der Waals surface area contributed by atoms with Crippen LogP contribution in [0.3, 0.4) is 0 Å². The molecule has 4 fully saturated rings. The van der Waals surface area contributed by atoms with Gasteiger partial charge in [-0.3, -0.25) is 34.2 Å². The number of fused-ring (bicyclic) bond motifs is 2. The molecule has 5 aliphatic rings. The fourth-order valence-corrected chi connectivity index (χ4v) is 10.5. The molecular weight excluding hydrogens is 834 g/mol. The predicted octanol–water partition coefficient (Wildman–Crippen LogP) is 6.48. The highest BCUT2D eigenvalue weighted by atomic mass is 35.5. The number of likely N-dealkylation sites (tertiary alicyclic amines) is 1. The molecule has 330 valence electrons. The van der Waals surface area contributed by atoms with Crippen LogP contribution in [0.5, 0.6) is 11.5 Å². The van der Waals surface area contributed by atoms with E-state index in [2.05, 4.69) is 40.7 Å². The van der Waals surface area contributed by atoms with Crippen molar-refractivity contribution in [2.45, 2.75) is 94.4 Å². The summed E-state index contributed by atoms with van der Waals surface area (Å²) in [7, 11) is 0. The van der Waals surface area contributed by atoms with Crippen LogP contribution in [-0.2, 0) is 9.59 Å². The molecule has 4 amide bonds. The number of aromatic nitrogens is 3. The predicted molar refractivity (Wildman–Crippen MR) is 241 cm³/mol. The number of amides is 4. The van der Waals surface area contributed by atoms with Crippen LogP contribution in [0.15, 0.2) is 79.3 Å². The van der Waals surface area contributed by atoms with Crippen molar-refractivity contribution < 1.29 is 28.7 Å². The number of piperidine rings is 3. The number of carbonyl (C=O) groups is 5. The van der Waals surface area contributed by atoms with Crippen LogP contribution >= 0.6 is 11.6 Å². The molecule has 1 unspecified atom stereocenters. The van der Waals surface area contributed by atoms with Crippen LogP contribution in [0.4, 0.5) is 11.5 Å². The van der Waals surface area contributed by atoms with Gasteiger partial charge in [-0.15, -0.1) is 0 Å². The zero-order valence-corrected chi connectivity index (χ0v) is 36.1. The number of hydrogen-bond acceptors (Lipinski definition) is 12. The fourth-order valence-electron chi connectivity index (χ4n) is 10.3. The Balaban J connectivity index is 0.683. The molecule has 10 rings (SSSR count). The lowest BCUT2D eigenvalue weighted by Crippen LogP contribution is -2.54. The Morgan fingerprint density at radius 1 is 0.734 bits per heavy atom. The number of aromatic amines is 1. The number of ether oxygens (including phenoxy) is 1. The zero-order chi connectivity index (χ0) is 43.9. The quantitative estimate of drug-likeness (QED) is 0.0839. The maximum atomic E-state index is 13.9. The Morgan fingerprint density at radius 3 is 2.22 bits per heavy atom. The van der Waals surface area contributed by atoms with E-state index in [4.69, 9.17) is 16.3 Å². The van der Waals surface area contributed by atoms with E-state index in [1.807, 2.05) is 36.4 Å². The molecule has 1 saturated carbocycles. The van der Waals surface area contributed by atoms with E-state index in [1.54, 1.807) is 36.5 Å². The van der Waals surface area contributed by atoms with E-state index in [0.29, 0.717) is 73.8 Å². The van der Waals surface area contributed by atoms with E-state index in [-0.39, 0.29) is 30.6 Å². The number of nitrogens with zero attached hydrogens (tertiary/aromatic N) is 5. The average Bonchev–Trinajstić information content (AvgIpc) is 3.86. The van der Waals surface area contributed by atoms with Crippen LogP contribution in [0.25, 0.3) is 11.0 Å². The lowest BCUT2D eigenvalue weighted by molar-refractivity contribution is -0.136. The van der Waals surface area contributed by atoms with Gasteiger partial charge in [0.1, 0.15) is 35.3 Å². The topological polar surface area (TPSA) is 182 Å². The molecule has 3 saturated heterocycles. The molecule has 5 aromatic rings. The minimum atomic E-state index is -0.969. The molecule has 16 heteroatoms. The van der Waals surface area contributed by atoms with Crippen LogP contribution in [0.2, 0.25) is 5.02 Å². The number of nitrogens with one attached hydrogen (secondary N) is 4. The second kappa shape index (κ2) is 17.8. The molecule has 0 spiro atoms. The smallest absolute Gasteiger partial charge is 0.262 e. The number of anilines is 2. The van der Waals surface area contributed by atoms with Gasteiger partial charge < -0.3 is 30.2 Å². The second-order valence-corrected chi connectivity index (χ2v) is 18.0. The number of ketones is 1. The van der Waals surface area contributed by atoms with Gasteiger partial charge in [0.25, 0.3) is 11.8 Å². The number of benzene rings is 3. The van der Waals surface area contributed by atoms with Gasteiger partial charge in [0, 0.05) is 67.2 Å². The van der Waals surface area contributed by atoms with E-state index in [0.717, 1.165) is 88.1 Å². The molecule has 1 atom stereocenters. The van der Waals surface area contributed by atoms with Crippen molar-refractivity contribution >= 4 is 63.6 Å². The highest BCUT2D eigenvalue weighted by molar-refractivity contribution is 6.36. The molecule has 15 nitrogen and oxygen atoms in total. The highest BCUT2D eigenvalue weighted by Gasteiger charge is 2.45. The Kier molecular flexibility index (Phi) is 11.6. The van der Waals surface area contributed by atoms with Gasteiger partial charge >= 0.3 is 0 Å². The summed E-state index contributed by atoms with van der Waals surface area (Å²) >= 11 is 6.65. The van der Waals surface area contributed by atoms with Gasteiger partial charge in [-0.25, -0.2) is 9.97 Å². The molecule has 4 aliphatic heterocycles. The van der Waals surface area contributed by atoms with E-state index in [1.165, 1.54) is 6.33 Å². The van der Waals surface area contributed by atoms with Gasteiger partial charge in [-0.05, 0) is 113 Å². The lowest BCUT2D eigenvalue weighted by Gasteiger charge is -2.43. The van der Waals surface area contributed by atoms with Gasteiger partial charge in [-0.2, -0.15) is 0 Å². The highest BCUT2D eigenvalue weighted by Crippen LogP contribution is 2.35. The molecule has 0 radical (unpaired) electrons. The summed E-state index contributed by atoms with van der Waals surface area (Å²) in [6.45, 7) is 3.83. The summed E-state index contributed by atoms with van der Waals surface area (Å²) in [6, 6.07) is 20.6. The van der Waals surface area contributed by atoms with E-state index < -0.39 is 23.8 Å². The van der Waals surface area contributed by atoms with Crippen LogP contribution in [0.1, 0.15) is 101 Å². The number of rotatable bonds is 11. The normalized spacial score (nSPS) is 22.5. The summed E-state index contributed by atoms with van der Waals surface area (Å²) < 4.78 is 5.91. The molecule has 64 heavy (non-hydrogen) atoms. The largest absolute Gasteiger partial charge is 0.457 e. The number of imide groups is 2. The summed E-state index contributed by atoms with van der Waals surface area (Å²) in [5.41, 5.74) is 2.95. The number of H-pyrrole nitrogens is 1. The van der Waals surface area contributed by atoms with Gasteiger partial charge in [0.15, 0.2) is 5.78 Å². The average molecular weight is 884 g/mol. The molecule has 4 N–H and O–H groups in total. The first kappa shape index (κ1) is 41.8. The second-order valence-electron chi connectivity index (χ2n) is 17.6. The molecule has 0 bridgehead atoms. The lowest BCUT2D eigenvalue weighted by atomic mass is 9.89. The van der Waals surface area contributed by atoms with Crippen LogP contribution < -0.4 is 25.6 Å². The first-order valence-electron chi connectivity index (χ1n) is 22.4. The zero-order valence-electron chi connectivity index (χ0n) is 35.4. The third-order valence-electron chi connectivity index (χ3n) is 13.7. The van der Waals surface area contributed by atoms with Gasteiger partial charge in [-0.1, -0.05) is 29.8 Å². The van der Waals surface area contributed by atoms with Crippen LogP contribution in [0, 0.1) is 0 Å². The van der Waals surface area contributed by atoms with Crippen molar-refractivity contribution in [2.75, 3.05) is 36.4 Å². The summed E-state index contributed by atoms with van der Waals surface area (Å²) in [6.07, 6.45) is 11.8. The third kappa shape index (κ3) is 8.35. The Bertz CT molecular complexity index is 2610. The van der Waals surface area contributed by atoms with E-state index >= 15 is 0 Å². The van der Waals surface area contributed by atoms with Crippen molar-refractivity contribution in [3.8, 4) is 11.5 Å². The fraction of sp³-hybridized carbons (Fsp3) is 0.396. The number of carbonyl (C=O) groups excluding carboxylic acids is 5. The summed E-state index contributed by atoms with van der Waals surface area (Å²) in [5.74, 6) is -0.303. The first-order chi connectivity index (χ1) is 31.2. The maximum absolute atomic E-state index is 13.9. The number of hydrogen-bond donors (Lipinski definition) is 4. The monoisotopic (exact) mass is 883 g/mol. The number of halogens is 1. The summed E-state index contributed by atoms with van der Waals surface area (Å²) in [4.78, 5) is 82.7. The first-order valence-corrected chi connectivity index (χ1v) is 22.8. The van der Waals surface area contributed by atoms with Gasteiger partial charge in [0.2, 0.25) is 11.8 Å². The SMILES string of the molecule is O=C1CCC(N2C(=O)c3ccc(N4CCC(N5CCC(NC6CCC(Nc7ncnc8[nH]cc(C(=O)c9ccc(Oc%10ccccc%10)cc9Cl)c78)CC6)CC5)CC4)cc3C2=O)C(=O)N1. The Hall–Kier alpha value is -6.16. The molecular formula is C48H50ClN9O6. The number of para-hydroxylation sites is 1. The molecule has 3 aromatic carbocycles. The van der Waals surface area contributed by atoms with E-state index in [9.17, 15) is 24.0 Å². The minimum absolute atomic E-state index is 0.0953. The van der Waals surface area contributed by atoms with Crippen molar-refractivity contribution in [1.82, 2.24) is 35.4 Å². The van der Waals surface area contributed by atoms with Crippen molar-refractivity contribution in [2.24, 2.45) is 0 Å². The Labute approximate surface area is 375 Å². The minimum Gasteiger partial charge on any atom is -0.457 e. The standard InChI is InChI=1S/C48H50ClN9O6/c49-39-25-34(64-33-4-2-1-3-5-33)11-13-36(39)43(60)38-26-50-44-42(38)45(52-27-51-44)54-29-8-6-28(7-9-29)53-30-16-20-56(21-17-30)31-18-22-57(23-19-31)32-10-12-35-37(24-32)48(63)58(47(35)62)40-14-15-41(59)55-46(40)61/h1-5,10-13,24-31,40,53H,6-9,14-23H2,(H,55,59,61)(H2,50,51,52,54). The Morgan fingerprint density at radius 2 is 1.47 bits per heavy atom. The van der Waals surface area contributed by atoms with Crippen molar-refractivity contribution in [1.29, 1.82) is 0 Å². The molecule has 1 aliphatic carbocycles. The summed E-state index contributed by atoms with van der Waals surface area (Å²) in [5, 5.41) is 10.9. The van der Waals surface area contributed by atoms with Crippen molar-refractivity contribution in [3.63, 3.8) is 0 Å². The molecule has 6 heterocycles. The van der Waals surface area contributed by atoms with Crippen LogP contribution in [-0.4, -0.2) is 111 Å². The van der Waals surface area contributed by atoms with Gasteiger partial charge in [0.05, 0.1) is 27.1 Å². The maximum Gasteiger partial charge on any atom is 0.262 e.